The molecule has 6 heteroatoms. The Morgan fingerprint density at radius 2 is 1.96 bits per heavy atom. The lowest BCUT2D eigenvalue weighted by atomic mass is 10.0. The third-order valence-corrected chi connectivity index (χ3v) is 4.86. The molecule has 0 saturated heterocycles. The fraction of sp³-hybridized carbons (Fsp3) is 0.444. The highest BCUT2D eigenvalue weighted by atomic mass is 127. The van der Waals surface area contributed by atoms with Gasteiger partial charge in [-0.15, -0.1) is 35.3 Å². The maximum absolute atomic E-state index is 4.68. The molecule has 2 aromatic rings. The minimum atomic E-state index is 0. The third-order valence-electron chi connectivity index (χ3n) is 3.80. The molecule has 0 aliphatic carbocycles. The summed E-state index contributed by atoms with van der Waals surface area (Å²) in [5.74, 6) is 0.828. The molecule has 2 rings (SSSR count). The topological polar surface area (TPSA) is 49.3 Å². The van der Waals surface area contributed by atoms with Crippen LogP contribution in [-0.4, -0.2) is 17.5 Å². The van der Waals surface area contributed by atoms with Crippen LogP contribution in [0.5, 0.6) is 0 Å². The number of hydrogen-bond acceptors (Lipinski definition) is 3. The van der Waals surface area contributed by atoms with Gasteiger partial charge in [-0.2, -0.15) is 0 Å². The van der Waals surface area contributed by atoms with Gasteiger partial charge in [0.2, 0.25) is 0 Å². The molecule has 0 bridgehead atoms. The van der Waals surface area contributed by atoms with Crippen molar-refractivity contribution in [2.45, 2.75) is 47.2 Å². The van der Waals surface area contributed by atoms with Crippen LogP contribution in [0.1, 0.15) is 46.6 Å². The summed E-state index contributed by atoms with van der Waals surface area (Å²) in [6.07, 6.45) is 0. The number of nitrogens with zero attached hydrogens (tertiary/aromatic N) is 2. The van der Waals surface area contributed by atoms with Crippen molar-refractivity contribution in [2.24, 2.45) is 4.99 Å². The summed E-state index contributed by atoms with van der Waals surface area (Å²) in [6, 6.07) is 8.64. The Morgan fingerprint density at radius 1 is 1.25 bits per heavy atom. The number of aryl methyl sites for hydroxylation is 3. The van der Waals surface area contributed by atoms with Crippen molar-refractivity contribution < 1.29 is 0 Å². The Morgan fingerprint density at radius 3 is 2.54 bits per heavy atom. The van der Waals surface area contributed by atoms with E-state index in [1.165, 1.54) is 16.0 Å². The zero-order valence-electron chi connectivity index (χ0n) is 15.0. The van der Waals surface area contributed by atoms with E-state index in [0.29, 0.717) is 6.54 Å². The van der Waals surface area contributed by atoms with Gasteiger partial charge in [0.25, 0.3) is 0 Å². The maximum Gasteiger partial charge on any atom is 0.192 e. The second-order valence-corrected chi connectivity index (χ2v) is 6.95. The summed E-state index contributed by atoms with van der Waals surface area (Å²) in [4.78, 5) is 10.5. The number of halogens is 1. The molecule has 132 valence electrons. The predicted octanol–water partition coefficient (Wildman–Crippen LogP) is 4.50. The molecule has 2 N–H and O–H groups in total. The third kappa shape index (κ3) is 5.73. The molecule has 4 nitrogen and oxygen atoms in total. The first-order valence-corrected chi connectivity index (χ1v) is 8.86. The van der Waals surface area contributed by atoms with E-state index in [-0.39, 0.29) is 30.0 Å². The molecule has 0 spiro atoms. The molecule has 0 amide bonds. The SMILES string of the molecule is CCNC(=NCc1nc(C)c(C)s1)NC(C)c1ccccc1C.I. The van der Waals surface area contributed by atoms with Crippen LogP contribution in [-0.2, 0) is 6.54 Å². The van der Waals surface area contributed by atoms with Crippen LogP contribution < -0.4 is 10.6 Å². The van der Waals surface area contributed by atoms with Crippen molar-refractivity contribution >= 4 is 41.3 Å². The number of nitrogens with one attached hydrogen (secondary N) is 2. The highest BCUT2D eigenvalue weighted by Gasteiger charge is 2.10. The summed E-state index contributed by atoms with van der Waals surface area (Å²) in [5, 5.41) is 7.85. The standard InChI is InChI=1S/C18H26N4S.HI/c1-6-19-18(20-11-17-21-13(3)15(5)23-17)22-14(4)16-10-8-7-9-12(16)2;/h7-10,14H,6,11H2,1-5H3,(H2,19,20,22);1H. The van der Waals surface area contributed by atoms with E-state index in [4.69, 9.17) is 0 Å². The van der Waals surface area contributed by atoms with Gasteiger partial charge in [0, 0.05) is 11.4 Å². The minimum absolute atomic E-state index is 0. The number of hydrogen-bond donors (Lipinski definition) is 2. The lowest BCUT2D eigenvalue weighted by Gasteiger charge is -2.19. The molecule has 1 aromatic carbocycles. The van der Waals surface area contributed by atoms with Crippen LogP contribution in [0.2, 0.25) is 0 Å². The van der Waals surface area contributed by atoms with Crippen molar-refractivity contribution in [3.8, 4) is 0 Å². The summed E-state index contributed by atoms with van der Waals surface area (Å²) >= 11 is 1.72. The van der Waals surface area contributed by atoms with E-state index in [1.807, 2.05) is 6.92 Å². The molecule has 24 heavy (non-hydrogen) atoms. The van der Waals surface area contributed by atoms with Gasteiger partial charge in [0.05, 0.1) is 18.3 Å². The molecule has 1 heterocycles. The maximum atomic E-state index is 4.68. The van der Waals surface area contributed by atoms with Crippen molar-refractivity contribution in [3.05, 3.63) is 51.0 Å². The molecule has 0 aliphatic rings. The minimum Gasteiger partial charge on any atom is -0.357 e. The lowest BCUT2D eigenvalue weighted by Crippen LogP contribution is -2.38. The number of guanidine groups is 1. The monoisotopic (exact) mass is 458 g/mol. The highest BCUT2D eigenvalue weighted by molar-refractivity contribution is 14.0. The predicted molar refractivity (Wildman–Crippen MR) is 115 cm³/mol. The van der Waals surface area contributed by atoms with Crippen LogP contribution >= 0.6 is 35.3 Å². The Labute approximate surface area is 166 Å². The fourth-order valence-corrected chi connectivity index (χ4v) is 3.29. The number of benzene rings is 1. The first-order valence-electron chi connectivity index (χ1n) is 8.04. The van der Waals surface area contributed by atoms with Gasteiger partial charge in [-0.25, -0.2) is 9.98 Å². The van der Waals surface area contributed by atoms with Crippen molar-refractivity contribution in [1.29, 1.82) is 0 Å². The zero-order chi connectivity index (χ0) is 16.8. The average Bonchev–Trinajstić information content (AvgIpc) is 2.84. The van der Waals surface area contributed by atoms with Crippen molar-refractivity contribution in [3.63, 3.8) is 0 Å². The van der Waals surface area contributed by atoms with Gasteiger partial charge in [-0.3, -0.25) is 0 Å². The van der Waals surface area contributed by atoms with Crippen LogP contribution in [0, 0.1) is 20.8 Å². The van der Waals surface area contributed by atoms with Crippen LogP contribution in [0.15, 0.2) is 29.3 Å². The first kappa shape index (κ1) is 20.9. The van der Waals surface area contributed by atoms with Crippen molar-refractivity contribution in [1.82, 2.24) is 15.6 Å². The Balaban J connectivity index is 0.00000288. The Bertz CT molecular complexity index is 662. The summed E-state index contributed by atoms with van der Waals surface area (Å²) in [6.45, 7) is 12.0. The van der Waals surface area contributed by atoms with E-state index in [0.717, 1.165) is 23.2 Å². The van der Waals surface area contributed by atoms with Gasteiger partial charge in [0.15, 0.2) is 5.96 Å². The van der Waals surface area contributed by atoms with E-state index in [9.17, 15) is 0 Å². The number of rotatable bonds is 5. The second kappa shape index (κ2) is 9.98. The van der Waals surface area contributed by atoms with Gasteiger partial charge < -0.3 is 10.6 Å². The van der Waals surface area contributed by atoms with Crippen LogP contribution in [0.25, 0.3) is 0 Å². The van der Waals surface area contributed by atoms with Gasteiger partial charge >= 0.3 is 0 Å². The number of thiazole rings is 1. The highest BCUT2D eigenvalue weighted by Crippen LogP contribution is 2.18. The molecular formula is C18H27IN4S. The quantitative estimate of drug-likeness (QED) is 0.394. The Hall–Kier alpha value is -1.15. The Kier molecular flexibility index (Phi) is 8.69. The smallest absolute Gasteiger partial charge is 0.192 e. The zero-order valence-corrected chi connectivity index (χ0v) is 18.2. The molecule has 1 unspecified atom stereocenters. The molecule has 0 aliphatic heterocycles. The largest absolute Gasteiger partial charge is 0.357 e. The van der Waals surface area contributed by atoms with Gasteiger partial charge in [-0.1, -0.05) is 24.3 Å². The second-order valence-electron chi connectivity index (χ2n) is 5.67. The van der Waals surface area contributed by atoms with E-state index in [2.05, 4.69) is 72.6 Å². The molecule has 0 fully saturated rings. The van der Waals surface area contributed by atoms with E-state index >= 15 is 0 Å². The fourth-order valence-electron chi connectivity index (χ4n) is 2.43. The summed E-state index contributed by atoms with van der Waals surface area (Å²) in [5.41, 5.74) is 3.68. The first-order chi connectivity index (χ1) is 11.0. The lowest BCUT2D eigenvalue weighted by molar-refractivity contribution is 0.682. The number of aromatic nitrogens is 1. The van der Waals surface area contributed by atoms with E-state index < -0.39 is 0 Å². The molecule has 1 aromatic heterocycles. The molecule has 0 radical (unpaired) electrons. The van der Waals surface area contributed by atoms with Crippen molar-refractivity contribution in [2.75, 3.05) is 6.54 Å². The average molecular weight is 458 g/mol. The summed E-state index contributed by atoms with van der Waals surface area (Å²) in [7, 11) is 0. The van der Waals surface area contributed by atoms with Gasteiger partial charge in [-0.05, 0) is 45.7 Å². The number of aliphatic imine (C=N–C) groups is 1. The van der Waals surface area contributed by atoms with E-state index in [1.54, 1.807) is 11.3 Å². The van der Waals surface area contributed by atoms with Gasteiger partial charge in [0.1, 0.15) is 5.01 Å². The van der Waals surface area contributed by atoms with Crippen LogP contribution in [0.4, 0.5) is 0 Å². The summed E-state index contributed by atoms with van der Waals surface area (Å²) < 4.78 is 0. The molecule has 1 atom stereocenters. The van der Waals surface area contributed by atoms with Crippen LogP contribution in [0.3, 0.4) is 0 Å². The molecule has 0 saturated carbocycles. The normalized spacial score (nSPS) is 12.5. The molecular weight excluding hydrogens is 431 g/mol.